The minimum atomic E-state index is -4.80. The van der Waals surface area contributed by atoms with E-state index >= 15 is 4.39 Å². The van der Waals surface area contributed by atoms with Crippen molar-refractivity contribution in [2.45, 2.75) is 58.5 Å². The number of anilines is 1. The third-order valence-electron chi connectivity index (χ3n) is 6.30. The molecule has 42 heavy (non-hydrogen) atoms. The van der Waals surface area contributed by atoms with Gasteiger partial charge in [-0.1, -0.05) is 17.7 Å². The van der Waals surface area contributed by atoms with Gasteiger partial charge in [0.05, 0.1) is 28.5 Å². The van der Waals surface area contributed by atoms with Crippen molar-refractivity contribution in [2.75, 3.05) is 11.9 Å². The number of hydrogen-bond donors (Lipinski definition) is 1. The van der Waals surface area contributed by atoms with E-state index < -0.39 is 58.5 Å². The number of nitrogens with one attached hydrogen (secondary N) is 1. The highest BCUT2D eigenvalue weighted by molar-refractivity contribution is 6.34. The zero-order valence-corrected chi connectivity index (χ0v) is 23.8. The number of amides is 2. The summed E-state index contributed by atoms with van der Waals surface area (Å²) in [6.45, 7) is 6.51. The molecule has 0 bridgehead atoms. The van der Waals surface area contributed by atoms with Gasteiger partial charge in [-0.15, -0.1) is 0 Å². The molecule has 3 aromatic rings. The van der Waals surface area contributed by atoms with Crippen LogP contribution in [0.15, 0.2) is 42.6 Å². The highest BCUT2D eigenvalue weighted by atomic mass is 35.5. The van der Waals surface area contributed by atoms with Crippen LogP contribution in [-0.4, -0.2) is 46.3 Å². The molecule has 0 fully saturated rings. The summed E-state index contributed by atoms with van der Waals surface area (Å²) in [5.41, 5.74) is -0.427. The second kappa shape index (κ2) is 11.7. The van der Waals surface area contributed by atoms with Gasteiger partial charge in [0.1, 0.15) is 23.0 Å². The summed E-state index contributed by atoms with van der Waals surface area (Å²) in [5, 5.41) is 2.00. The van der Waals surface area contributed by atoms with E-state index in [1.807, 2.05) is 0 Å². The molecule has 224 valence electrons. The predicted molar refractivity (Wildman–Crippen MR) is 145 cm³/mol. The molecule has 4 rings (SSSR count). The van der Waals surface area contributed by atoms with Crippen LogP contribution in [-0.2, 0) is 17.7 Å². The van der Waals surface area contributed by atoms with E-state index in [0.29, 0.717) is 24.6 Å². The van der Waals surface area contributed by atoms with Crippen LogP contribution in [0, 0.1) is 11.6 Å². The van der Waals surface area contributed by atoms with E-state index in [9.17, 15) is 27.2 Å². The first-order valence-electron chi connectivity index (χ1n) is 12.8. The van der Waals surface area contributed by atoms with Crippen LogP contribution in [0.1, 0.15) is 49.2 Å². The standard InChI is InChI=1S/C29H27ClF5N3O4/c1-15(29(33,34)35)41-24-12-18(22(32)11-19(24)26(39)37-25-20(30)6-5-7-21(25)31)23-10-16-8-9-38(14-17(16)13-36-23)27(40)42-28(2,3)4/h5-7,10-13,15H,8-9,14H2,1-4H3,(H,37,39)/t15-/m0/s1. The number of carbonyl (C=O) groups is 2. The molecule has 2 amide bonds. The summed E-state index contributed by atoms with van der Waals surface area (Å²) in [6, 6.07) is 6.81. The molecule has 0 unspecified atom stereocenters. The van der Waals surface area contributed by atoms with E-state index in [1.165, 1.54) is 23.2 Å². The Bertz CT molecular complexity index is 1500. The Morgan fingerprint density at radius 1 is 1.07 bits per heavy atom. The van der Waals surface area contributed by atoms with Crippen LogP contribution in [0.2, 0.25) is 5.02 Å². The number of rotatable bonds is 5. The van der Waals surface area contributed by atoms with E-state index in [-0.39, 0.29) is 22.8 Å². The Kier molecular flexibility index (Phi) is 8.68. The Morgan fingerprint density at radius 2 is 1.79 bits per heavy atom. The molecule has 0 saturated carbocycles. The van der Waals surface area contributed by atoms with Gasteiger partial charge in [-0.25, -0.2) is 13.6 Å². The van der Waals surface area contributed by atoms with Crippen LogP contribution in [0.3, 0.4) is 0 Å². The number of fused-ring (bicyclic) bond motifs is 1. The van der Waals surface area contributed by atoms with Gasteiger partial charge in [0, 0.05) is 18.3 Å². The van der Waals surface area contributed by atoms with E-state index in [1.54, 1.807) is 26.8 Å². The first kappa shape index (κ1) is 31.0. The third kappa shape index (κ3) is 7.10. The van der Waals surface area contributed by atoms with Crippen LogP contribution < -0.4 is 10.1 Å². The quantitative estimate of drug-likeness (QED) is 0.301. The number of benzene rings is 2. The average molecular weight is 612 g/mol. The number of alkyl halides is 3. The zero-order valence-electron chi connectivity index (χ0n) is 23.0. The molecule has 0 radical (unpaired) electrons. The largest absolute Gasteiger partial charge is 0.480 e. The second-order valence-corrected chi connectivity index (χ2v) is 11.1. The molecule has 13 heteroatoms. The van der Waals surface area contributed by atoms with Crippen molar-refractivity contribution < 1.29 is 41.0 Å². The molecule has 0 aliphatic carbocycles. The number of halogens is 6. The van der Waals surface area contributed by atoms with Crippen molar-refractivity contribution in [3.05, 3.63) is 75.9 Å². The topological polar surface area (TPSA) is 80.8 Å². The summed E-state index contributed by atoms with van der Waals surface area (Å²) in [5.74, 6) is -3.62. The number of ether oxygens (including phenoxy) is 2. The fourth-order valence-corrected chi connectivity index (χ4v) is 4.36. The molecular weight excluding hydrogens is 585 g/mol. The SMILES string of the molecule is C[C@H](Oc1cc(-c2cc3c(cn2)CN(C(=O)OC(C)(C)C)CC3)c(F)cc1C(=O)Nc1c(F)cccc1Cl)C(F)(F)F. The van der Waals surface area contributed by atoms with Gasteiger partial charge in [-0.3, -0.25) is 9.78 Å². The molecule has 1 atom stereocenters. The molecule has 2 heterocycles. The molecule has 1 aromatic heterocycles. The molecule has 1 N–H and O–H groups in total. The van der Waals surface area contributed by atoms with Crippen LogP contribution >= 0.6 is 11.6 Å². The highest BCUT2D eigenvalue weighted by Crippen LogP contribution is 2.35. The monoisotopic (exact) mass is 611 g/mol. The molecule has 2 aromatic carbocycles. The molecule has 0 saturated heterocycles. The Morgan fingerprint density at radius 3 is 2.43 bits per heavy atom. The van der Waals surface area contributed by atoms with Crippen molar-refractivity contribution in [1.82, 2.24) is 9.88 Å². The molecule has 7 nitrogen and oxygen atoms in total. The first-order chi connectivity index (χ1) is 19.5. The van der Waals surface area contributed by atoms with Crippen LogP contribution in [0.25, 0.3) is 11.3 Å². The summed E-state index contributed by atoms with van der Waals surface area (Å²) in [6.07, 6.45) is -5.82. The Balaban J connectivity index is 1.68. The van der Waals surface area contributed by atoms with Gasteiger partial charge >= 0.3 is 12.3 Å². The predicted octanol–water partition coefficient (Wildman–Crippen LogP) is 7.56. The molecular formula is C29H27ClF5N3O4. The van der Waals surface area contributed by atoms with E-state index in [4.69, 9.17) is 21.1 Å². The maximum Gasteiger partial charge on any atom is 0.425 e. The van der Waals surface area contributed by atoms with Crippen LogP contribution in [0.4, 0.5) is 32.4 Å². The summed E-state index contributed by atoms with van der Waals surface area (Å²) in [4.78, 5) is 31.3. The van der Waals surface area contributed by atoms with Gasteiger partial charge in [0.2, 0.25) is 0 Å². The maximum absolute atomic E-state index is 15.4. The van der Waals surface area contributed by atoms with Crippen LogP contribution in [0.5, 0.6) is 5.75 Å². The lowest BCUT2D eigenvalue weighted by molar-refractivity contribution is -0.189. The number of pyridine rings is 1. The van der Waals surface area contributed by atoms with Gasteiger partial charge in [0.25, 0.3) is 5.91 Å². The van der Waals surface area contributed by atoms with Crippen molar-refractivity contribution in [3.63, 3.8) is 0 Å². The van der Waals surface area contributed by atoms with E-state index in [0.717, 1.165) is 24.6 Å². The van der Waals surface area contributed by atoms with Crippen molar-refractivity contribution >= 4 is 29.3 Å². The normalized spacial score (nSPS) is 14.2. The second-order valence-electron chi connectivity index (χ2n) is 10.7. The minimum absolute atomic E-state index is 0.0746. The molecule has 1 aliphatic heterocycles. The van der Waals surface area contributed by atoms with E-state index in [2.05, 4.69) is 10.3 Å². The summed E-state index contributed by atoms with van der Waals surface area (Å²) >= 11 is 5.95. The lowest BCUT2D eigenvalue weighted by Crippen LogP contribution is -2.39. The molecule has 0 spiro atoms. The average Bonchev–Trinajstić information content (AvgIpc) is 2.89. The number of nitrogens with zero attached hydrogens (tertiary/aromatic N) is 2. The van der Waals surface area contributed by atoms with Gasteiger partial charge in [0.15, 0.2) is 6.10 Å². The summed E-state index contributed by atoms with van der Waals surface area (Å²) in [7, 11) is 0. The summed E-state index contributed by atoms with van der Waals surface area (Å²) < 4.78 is 80.3. The van der Waals surface area contributed by atoms with Gasteiger partial charge in [-0.05, 0) is 75.6 Å². The molecule has 1 aliphatic rings. The lowest BCUT2D eigenvalue weighted by Gasteiger charge is -2.31. The third-order valence-corrected chi connectivity index (χ3v) is 6.62. The maximum atomic E-state index is 15.4. The van der Waals surface area contributed by atoms with Gasteiger partial charge in [-0.2, -0.15) is 13.2 Å². The zero-order chi connectivity index (χ0) is 31.0. The smallest absolute Gasteiger partial charge is 0.425 e. The highest BCUT2D eigenvalue weighted by Gasteiger charge is 2.39. The first-order valence-corrected chi connectivity index (χ1v) is 13.2. The lowest BCUT2D eigenvalue weighted by atomic mass is 9.98. The van der Waals surface area contributed by atoms with Crippen molar-refractivity contribution in [3.8, 4) is 17.0 Å². The number of hydrogen-bond acceptors (Lipinski definition) is 5. The minimum Gasteiger partial charge on any atom is -0.480 e. The number of carbonyl (C=O) groups excluding carboxylic acids is 2. The fraction of sp³-hybridized carbons (Fsp3) is 0.345. The Labute approximate surface area is 243 Å². The number of aromatic nitrogens is 1. The van der Waals surface area contributed by atoms with Gasteiger partial charge < -0.3 is 19.7 Å². The Hall–Kier alpha value is -3.93. The van der Waals surface area contributed by atoms with Crippen molar-refractivity contribution in [2.24, 2.45) is 0 Å². The van der Waals surface area contributed by atoms with Crippen molar-refractivity contribution in [1.29, 1.82) is 0 Å². The number of para-hydroxylation sites is 1. The fourth-order valence-electron chi connectivity index (χ4n) is 4.15.